The van der Waals surface area contributed by atoms with Gasteiger partial charge in [0.25, 0.3) is 0 Å². The lowest BCUT2D eigenvalue weighted by molar-refractivity contribution is 0.283. The highest BCUT2D eigenvalue weighted by atomic mass is 28.3. The molecule has 1 aromatic carbocycles. The van der Waals surface area contributed by atoms with E-state index in [0.29, 0.717) is 11.8 Å². The lowest BCUT2D eigenvalue weighted by atomic mass is 9.80. The molecule has 28 heavy (non-hydrogen) atoms. The third kappa shape index (κ3) is 3.68. The summed E-state index contributed by atoms with van der Waals surface area (Å²) in [4.78, 5) is 0. The highest BCUT2D eigenvalue weighted by Crippen LogP contribution is 2.54. The molecular weight excluding hydrogens is 358 g/mol. The molecule has 3 unspecified atom stereocenters. The van der Waals surface area contributed by atoms with E-state index in [9.17, 15) is 0 Å². The predicted octanol–water partition coefficient (Wildman–Crippen LogP) is 4.91. The molecule has 0 spiro atoms. The summed E-state index contributed by atoms with van der Waals surface area (Å²) < 4.78 is 2.72. The Kier molecular flexibility index (Phi) is 5.43. The Bertz CT molecular complexity index is 751. The Labute approximate surface area is 172 Å². The fraction of sp³-hybridized carbons (Fsp3) is 0.583. The maximum Gasteiger partial charge on any atom is 0.128 e. The first kappa shape index (κ1) is 20.1. The van der Waals surface area contributed by atoms with E-state index in [1.165, 1.54) is 24.0 Å². The summed E-state index contributed by atoms with van der Waals surface area (Å²) in [6.07, 6.45) is 9.94. The van der Waals surface area contributed by atoms with Gasteiger partial charge in [-0.25, -0.2) is 0 Å². The monoisotopic (exact) mass is 395 g/mol. The first-order valence-corrected chi connectivity index (χ1v) is 14.0. The van der Waals surface area contributed by atoms with E-state index < -0.39 is 8.24 Å². The number of fused-ring (bicyclic) bond motifs is 1. The maximum absolute atomic E-state index is 3.51. The molecule has 2 fully saturated rings. The Morgan fingerprint density at radius 3 is 2.32 bits per heavy atom. The van der Waals surface area contributed by atoms with Crippen molar-refractivity contribution >= 4 is 13.8 Å². The lowest BCUT2D eigenvalue weighted by Crippen LogP contribution is -2.63. The average Bonchev–Trinajstić information content (AvgIpc) is 3.13. The van der Waals surface area contributed by atoms with Crippen LogP contribution in [0.4, 0.5) is 0 Å². The van der Waals surface area contributed by atoms with E-state index >= 15 is 0 Å². The van der Waals surface area contributed by atoms with Crippen LogP contribution in [0.25, 0.3) is 5.57 Å². The van der Waals surface area contributed by atoms with Gasteiger partial charge in [-0.15, -0.1) is 0 Å². The topological polar surface area (TPSA) is 27.3 Å². The van der Waals surface area contributed by atoms with Crippen LogP contribution in [0.15, 0.2) is 42.5 Å². The number of benzene rings is 1. The van der Waals surface area contributed by atoms with Gasteiger partial charge in [0.15, 0.2) is 0 Å². The molecule has 2 N–H and O–H groups in total. The number of hydrogen-bond donors (Lipinski definition) is 2. The van der Waals surface area contributed by atoms with E-state index in [0.717, 1.165) is 25.5 Å². The Balaban J connectivity index is 1.55. The van der Waals surface area contributed by atoms with Crippen LogP contribution < -0.4 is 10.6 Å². The van der Waals surface area contributed by atoms with E-state index in [1.54, 1.807) is 5.57 Å². The van der Waals surface area contributed by atoms with Crippen molar-refractivity contribution in [2.24, 2.45) is 11.8 Å². The zero-order chi connectivity index (χ0) is 19.9. The van der Waals surface area contributed by atoms with Gasteiger partial charge in [-0.05, 0) is 45.9 Å². The molecular formula is C24H37N3Si. The maximum atomic E-state index is 3.51. The molecule has 0 bridgehead atoms. The van der Waals surface area contributed by atoms with Crippen molar-refractivity contribution in [1.29, 1.82) is 0 Å². The van der Waals surface area contributed by atoms with Crippen LogP contribution in [-0.4, -0.2) is 32.8 Å². The molecule has 1 heterocycles. The van der Waals surface area contributed by atoms with E-state index in [4.69, 9.17) is 0 Å². The molecule has 1 saturated carbocycles. The first-order valence-electron chi connectivity index (χ1n) is 10.9. The van der Waals surface area contributed by atoms with Crippen molar-refractivity contribution in [3.8, 4) is 0 Å². The van der Waals surface area contributed by atoms with Crippen molar-refractivity contribution in [3.63, 3.8) is 0 Å². The van der Waals surface area contributed by atoms with Crippen molar-refractivity contribution < 1.29 is 0 Å². The van der Waals surface area contributed by atoms with Gasteiger partial charge in [0.05, 0.1) is 0 Å². The van der Waals surface area contributed by atoms with E-state index in [2.05, 4.69) is 91.6 Å². The third-order valence-electron chi connectivity index (χ3n) is 7.39. The normalized spacial score (nSPS) is 28.9. The molecule has 3 atom stereocenters. The van der Waals surface area contributed by atoms with Gasteiger partial charge in [0, 0.05) is 20.0 Å². The molecule has 1 saturated heterocycles. The third-order valence-corrected chi connectivity index (χ3v) is 11.8. The Hall–Kier alpha value is -1.20. The summed E-state index contributed by atoms with van der Waals surface area (Å²) in [6.45, 7) is 15.1. The van der Waals surface area contributed by atoms with Crippen molar-refractivity contribution in [3.05, 3.63) is 53.6 Å². The van der Waals surface area contributed by atoms with Crippen LogP contribution in [-0.2, 0) is 5.41 Å². The zero-order valence-electron chi connectivity index (χ0n) is 18.3. The van der Waals surface area contributed by atoms with Gasteiger partial charge >= 0.3 is 0 Å². The zero-order valence-corrected chi connectivity index (χ0v) is 19.3. The lowest BCUT2D eigenvalue weighted by Gasteiger charge is -2.45. The second-order valence-electron chi connectivity index (χ2n) is 10.4. The highest BCUT2D eigenvalue weighted by molar-refractivity contribution is 6.76. The van der Waals surface area contributed by atoms with Crippen LogP contribution in [0.5, 0.6) is 0 Å². The summed E-state index contributed by atoms with van der Waals surface area (Å²) >= 11 is 0. The van der Waals surface area contributed by atoms with Gasteiger partial charge in [0.1, 0.15) is 8.24 Å². The molecule has 1 aromatic rings. The van der Waals surface area contributed by atoms with Crippen LogP contribution in [0.1, 0.15) is 44.7 Å². The molecule has 3 nitrogen and oxygen atoms in total. The Morgan fingerprint density at radius 1 is 1.00 bits per heavy atom. The van der Waals surface area contributed by atoms with Gasteiger partial charge in [-0.2, -0.15) is 0 Å². The fourth-order valence-corrected chi connectivity index (χ4v) is 9.20. The van der Waals surface area contributed by atoms with Crippen molar-refractivity contribution in [2.75, 3.05) is 20.0 Å². The van der Waals surface area contributed by atoms with E-state index in [1.807, 2.05) is 0 Å². The van der Waals surface area contributed by atoms with Gasteiger partial charge in [0.2, 0.25) is 0 Å². The summed E-state index contributed by atoms with van der Waals surface area (Å²) in [5.74, 6) is 1.39. The average molecular weight is 396 g/mol. The van der Waals surface area contributed by atoms with Gasteiger partial charge in [-0.3, -0.25) is 15.2 Å². The molecule has 0 radical (unpaired) electrons. The smallest absolute Gasteiger partial charge is 0.128 e. The molecule has 1 aliphatic heterocycles. The quantitative estimate of drug-likeness (QED) is 0.712. The van der Waals surface area contributed by atoms with Crippen molar-refractivity contribution in [1.82, 2.24) is 15.2 Å². The molecule has 2 aliphatic carbocycles. The largest absolute Gasteiger partial charge is 0.299 e. The van der Waals surface area contributed by atoms with Gasteiger partial charge < -0.3 is 0 Å². The minimum Gasteiger partial charge on any atom is -0.299 e. The second kappa shape index (κ2) is 7.56. The first-order chi connectivity index (χ1) is 13.3. The standard InChI is InChI=1S/C24H37N3Si/c1-24(2,3)19-11-9-18(10-12-19)20-7-6-8-22-21(20)13-14-23(22)28(4,5)27-16-25-15-26-17-27/h6-12,21-23,25-26H,13-17H2,1-5H3. The highest BCUT2D eigenvalue weighted by Gasteiger charge is 2.48. The van der Waals surface area contributed by atoms with Crippen molar-refractivity contribution in [2.45, 2.75) is 57.7 Å². The number of rotatable bonds is 3. The molecule has 3 aliphatic rings. The SMILES string of the molecule is CC(C)(C)c1ccc(C2=CC=CC3C2CCC3[Si](C)(C)N2CNCNC2)cc1. The van der Waals surface area contributed by atoms with Gasteiger partial charge in [-0.1, -0.05) is 82.8 Å². The number of hydrogen-bond acceptors (Lipinski definition) is 3. The summed E-state index contributed by atoms with van der Waals surface area (Å²) in [6, 6.07) is 9.38. The number of nitrogens with one attached hydrogen (secondary N) is 2. The van der Waals surface area contributed by atoms with Crippen LogP contribution >= 0.6 is 0 Å². The van der Waals surface area contributed by atoms with Crippen LogP contribution in [0.3, 0.4) is 0 Å². The van der Waals surface area contributed by atoms with E-state index in [-0.39, 0.29) is 5.41 Å². The van der Waals surface area contributed by atoms with Crippen LogP contribution in [0.2, 0.25) is 18.6 Å². The second-order valence-corrected chi connectivity index (χ2v) is 15.1. The minimum absolute atomic E-state index is 0.215. The molecule has 0 amide bonds. The summed E-state index contributed by atoms with van der Waals surface area (Å²) in [5, 5.41) is 7.02. The molecule has 152 valence electrons. The van der Waals surface area contributed by atoms with Crippen LogP contribution in [0, 0.1) is 11.8 Å². The minimum atomic E-state index is -1.51. The molecule has 4 rings (SSSR count). The predicted molar refractivity (Wildman–Crippen MR) is 122 cm³/mol. The summed E-state index contributed by atoms with van der Waals surface area (Å²) in [5.41, 5.74) is 5.45. The molecule has 0 aromatic heterocycles. The Morgan fingerprint density at radius 2 is 1.68 bits per heavy atom. The number of allylic oxidation sites excluding steroid dienone is 4. The molecule has 4 heteroatoms. The fourth-order valence-electron chi connectivity index (χ4n) is 5.53. The summed E-state index contributed by atoms with van der Waals surface area (Å²) in [7, 11) is -1.51. The number of nitrogens with zero attached hydrogens (tertiary/aromatic N) is 1.